The Kier molecular flexibility index (Phi) is 7.58. The number of aliphatic imine (C=N–C) groups is 1. The first-order chi connectivity index (χ1) is 12.6. The largest absolute Gasteiger partial charge is 0.493 e. The highest BCUT2D eigenvalue weighted by atomic mass is 32.2. The highest BCUT2D eigenvalue weighted by Gasteiger charge is 2.21. The van der Waals surface area contributed by atoms with Gasteiger partial charge >= 0.3 is 5.97 Å². The molecule has 0 aliphatic carbocycles. The van der Waals surface area contributed by atoms with Crippen LogP contribution in [0.2, 0.25) is 0 Å². The molecule has 0 aromatic heterocycles. The lowest BCUT2D eigenvalue weighted by Gasteiger charge is -2.12. The van der Waals surface area contributed by atoms with Crippen LogP contribution in [0.4, 0.5) is 0 Å². The maximum Gasteiger partial charge on any atom is 0.307 e. The molecule has 26 heavy (non-hydrogen) atoms. The summed E-state index contributed by atoms with van der Waals surface area (Å²) in [5.41, 5.74) is 3.66. The van der Waals surface area contributed by atoms with Crippen LogP contribution in [-0.4, -0.2) is 57.1 Å². The van der Waals surface area contributed by atoms with Crippen molar-refractivity contribution in [3.8, 4) is 17.2 Å². The van der Waals surface area contributed by atoms with E-state index < -0.39 is 0 Å². The summed E-state index contributed by atoms with van der Waals surface area (Å²) in [5.74, 6) is 2.12. The molecule has 0 saturated carbocycles. The smallest absolute Gasteiger partial charge is 0.307 e. The molecule has 8 nitrogen and oxygen atoms in total. The Labute approximate surface area is 156 Å². The van der Waals surface area contributed by atoms with Crippen molar-refractivity contribution < 1.29 is 23.7 Å². The van der Waals surface area contributed by atoms with Gasteiger partial charge in [-0.05, 0) is 19.1 Å². The molecule has 1 N–H and O–H groups in total. The highest BCUT2D eigenvalue weighted by Crippen LogP contribution is 2.37. The number of carbonyl (C=O) groups excluding carboxylic acids is 1. The number of rotatable bonds is 8. The van der Waals surface area contributed by atoms with Crippen molar-refractivity contribution in [3.63, 3.8) is 0 Å². The summed E-state index contributed by atoms with van der Waals surface area (Å²) in [5, 5.41) is 4.85. The van der Waals surface area contributed by atoms with Gasteiger partial charge in [0.2, 0.25) is 5.75 Å². The summed E-state index contributed by atoms with van der Waals surface area (Å²) in [4.78, 5) is 15.9. The number of benzene rings is 1. The van der Waals surface area contributed by atoms with Crippen LogP contribution in [0.15, 0.2) is 22.2 Å². The first kappa shape index (κ1) is 19.9. The molecule has 0 saturated heterocycles. The summed E-state index contributed by atoms with van der Waals surface area (Å²) < 4.78 is 20.9. The van der Waals surface area contributed by atoms with Crippen LogP contribution >= 0.6 is 11.8 Å². The highest BCUT2D eigenvalue weighted by molar-refractivity contribution is 8.14. The summed E-state index contributed by atoms with van der Waals surface area (Å²) in [7, 11) is 4.67. The second kappa shape index (κ2) is 9.91. The lowest BCUT2D eigenvalue weighted by Crippen LogP contribution is -2.15. The van der Waals surface area contributed by atoms with E-state index in [1.807, 2.05) is 0 Å². The van der Waals surface area contributed by atoms with Gasteiger partial charge in [-0.1, -0.05) is 11.8 Å². The molecule has 1 atom stereocenters. The Morgan fingerprint density at radius 2 is 2.00 bits per heavy atom. The summed E-state index contributed by atoms with van der Waals surface area (Å²) in [6.07, 6.45) is 1.91. The minimum atomic E-state index is -0.232. The molecule has 1 heterocycles. The molecule has 0 spiro atoms. The fourth-order valence-electron chi connectivity index (χ4n) is 2.33. The second-order valence-corrected chi connectivity index (χ2v) is 6.25. The number of hydrogen-bond acceptors (Lipinski definition) is 9. The van der Waals surface area contributed by atoms with Crippen molar-refractivity contribution in [3.05, 3.63) is 17.7 Å². The molecular weight excluding hydrogens is 358 g/mol. The number of esters is 1. The van der Waals surface area contributed by atoms with Gasteiger partial charge in [-0.2, -0.15) is 5.10 Å². The summed E-state index contributed by atoms with van der Waals surface area (Å²) in [6.45, 7) is 2.17. The predicted molar refractivity (Wildman–Crippen MR) is 102 cm³/mol. The maximum absolute atomic E-state index is 11.5. The Morgan fingerprint density at radius 1 is 1.31 bits per heavy atom. The zero-order valence-electron chi connectivity index (χ0n) is 15.3. The van der Waals surface area contributed by atoms with Gasteiger partial charge < -0.3 is 18.9 Å². The molecule has 1 aromatic rings. The minimum Gasteiger partial charge on any atom is -0.493 e. The Balaban J connectivity index is 1.99. The maximum atomic E-state index is 11.5. The van der Waals surface area contributed by atoms with E-state index in [0.29, 0.717) is 29.0 Å². The summed E-state index contributed by atoms with van der Waals surface area (Å²) >= 11 is 1.52. The minimum absolute atomic E-state index is 0.0853. The standard InChI is InChI=1S/C17H23N3O5S/c1-5-25-15(21)8-12-10-26-17(19-12)20-18-9-11-6-13(22-2)16(24-4)14(7-11)23-3/h6-7,9,12H,5,8,10H2,1-4H3,(H,19,20)/b18-9+. The molecule has 1 unspecified atom stereocenters. The topological polar surface area (TPSA) is 90.7 Å². The number of ether oxygens (including phenoxy) is 4. The molecule has 0 radical (unpaired) electrons. The van der Waals surface area contributed by atoms with Crippen molar-refractivity contribution in [2.24, 2.45) is 10.1 Å². The monoisotopic (exact) mass is 381 g/mol. The fourth-order valence-corrected chi connectivity index (χ4v) is 3.21. The van der Waals surface area contributed by atoms with E-state index in [1.165, 1.54) is 11.8 Å². The van der Waals surface area contributed by atoms with Crippen LogP contribution in [0.5, 0.6) is 17.2 Å². The van der Waals surface area contributed by atoms with Crippen molar-refractivity contribution in [1.29, 1.82) is 0 Å². The molecular formula is C17H23N3O5S. The molecule has 1 aliphatic rings. The van der Waals surface area contributed by atoms with E-state index in [0.717, 1.165) is 11.3 Å². The molecule has 142 valence electrons. The lowest BCUT2D eigenvalue weighted by molar-refractivity contribution is -0.143. The van der Waals surface area contributed by atoms with Gasteiger partial charge in [-0.15, -0.1) is 0 Å². The van der Waals surface area contributed by atoms with Gasteiger partial charge in [-0.25, -0.2) is 0 Å². The number of amidine groups is 1. The number of methoxy groups -OCH3 is 3. The molecule has 0 amide bonds. The number of hydrazone groups is 1. The van der Waals surface area contributed by atoms with Gasteiger partial charge in [0.15, 0.2) is 16.7 Å². The average molecular weight is 381 g/mol. The third-order valence-corrected chi connectivity index (χ3v) is 4.50. The van der Waals surface area contributed by atoms with Gasteiger partial charge in [0.25, 0.3) is 0 Å². The zero-order valence-corrected chi connectivity index (χ0v) is 16.1. The van der Waals surface area contributed by atoms with E-state index in [4.69, 9.17) is 18.9 Å². The Hall–Kier alpha value is -2.42. The number of hydrogen-bond donors (Lipinski definition) is 1. The molecule has 9 heteroatoms. The molecule has 1 aromatic carbocycles. The Morgan fingerprint density at radius 3 is 2.58 bits per heavy atom. The van der Waals surface area contributed by atoms with Crippen molar-refractivity contribution in [2.75, 3.05) is 33.7 Å². The second-order valence-electron chi connectivity index (χ2n) is 5.24. The van der Waals surface area contributed by atoms with Gasteiger partial charge in [-0.3, -0.25) is 15.2 Å². The number of thioether (sulfide) groups is 1. The van der Waals surface area contributed by atoms with E-state index in [9.17, 15) is 4.79 Å². The zero-order chi connectivity index (χ0) is 18.9. The van der Waals surface area contributed by atoms with E-state index in [1.54, 1.807) is 46.6 Å². The van der Waals surface area contributed by atoms with Gasteiger partial charge in [0.1, 0.15) is 0 Å². The molecule has 1 aliphatic heterocycles. The first-order valence-electron chi connectivity index (χ1n) is 8.06. The quantitative estimate of drug-likeness (QED) is 0.419. The molecule has 0 bridgehead atoms. The number of carbonyl (C=O) groups is 1. The number of nitrogens with zero attached hydrogens (tertiary/aromatic N) is 2. The third kappa shape index (κ3) is 5.29. The summed E-state index contributed by atoms with van der Waals surface area (Å²) in [6, 6.07) is 3.50. The van der Waals surface area contributed by atoms with E-state index >= 15 is 0 Å². The lowest BCUT2D eigenvalue weighted by atomic mass is 10.2. The molecule has 2 rings (SSSR count). The average Bonchev–Trinajstić information content (AvgIpc) is 3.08. The van der Waals surface area contributed by atoms with E-state index in [2.05, 4.69) is 15.5 Å². The van der Waals surface area contributed by atoms with Crippen LogP contribution in [0, 0.1) is 0 Å². The fraction of sp³-hybridized carbons (Fsp3) is 0.471. The normalized spacial score (nSPS) is 16.3. The molecule has 0 fully saturated rings. The third-order valence-electron chi connectivity index (χ3n) is 3.48. The number of nitrogens with one attached hydrogen (secondary N) is 1. The van der Waals surface area contributed by atoms with Crippen LogP contribution in [-0.2, 0) is 9.53 Å². The van der Waals surface area contributed by atoms with Gasteiger partial charge in [0, 0.05) is 11.3 Å². The van der Waals surface area contributed by atoms with Gasteiger partial charge in [0.05, 0.1) is 46.6 Å². The van der Waals surface area contributed by atoms with Crippen LogP contribution in [0.3, 0.4) is 0 Å². The van der Waals surface area contributed by atoms with Crippen molar-refractivity contribution in [1.82, 2.24) is 5.43 Å². The van der Waals surface area contributed by atoms with Crippen LogP contribution < -0.4 is 19.6 Å². The SMILES string of the molecule is CCOC(=O)CC1CSC(N/N=C/c2cc(OC)c(OC)c(OC)c2)=N1. The van der Waals surface area contributed by atoms with Crippen molar-refractivity contribution >= 4 is 29.1 Å². The van der Waals surface area contributed by atoms with E-state index in [-0.39, 0.29) is 18.4 Å². The Bertz CT molecular complexity index is 668. The van der Waals surface area contributed by atoms with Crippen molar-refractivity contribution in [2.45, 2.75) is 19.4 Å². The predicted octanol–water partition coefficient (Wildman–Crippen LogP) is 2.06. The first-order valence-corrected chi connectivity index (χ1v) is 9.05. The van der Waals surface area contributed by atoms with Crippen LogP contribution in [0.1, 0.15) is 18.9 Å². The van der Waals surface area contributed by atoms with Crippen LogP contribution in [0.25, 0.3) is 0 Å².